The van der Waals surface area contributed by atoms with Crippen molar-refractivity contribution in [1.82, 2.24) is 5.32 Å². The van der Waals surface area contributed by atoms with Gasteiger partial charge in [-0.15, -0.1) is 0 Å². The van der Waals surface area contributed by atoms with Gasteiger partial charge >= 0.3 is 0 Å². The van der Waals surface area contributed by atoms with Crippen LogP contribution in [0, 0.1) is 6.92 Å². The highest BCUT2D eigenvalue weighted by atomic mass is 14.9. The molecule has 2 aromatic rings. The smallest absolute Gasteiger partial charge is 0.0320 e. The Bertz CT molecular complexity index is 504. The molecule has 1 N–H and O–H groups in total. The first-order chi connectivity index (χ1) is 9.79. The maximum absolute atomic E-state index is 3.70. The molecule has 0 aliphatic heterocycles. The zero-order valence-electron chi connectivity index (χ0n) is 12.6. The monoisotopic (exact) mass is 267 g/mol. The van der Waals surface area contributed by atoms with Crippen LogP contribution in [0.4, 0.5) is 0 Å². The second kappa shape index (κ2) is 7.86. The molecule has 1 unspecified atom stereocenters. The van der Waals surface area contributed by atoms with E-state index >= 15 is 0 Å². The van der Waals surface area contributed by atoms with Crippen LogP contribution in [0.1, 0.15) is 42.5 Å². The Morgan fingerprint density at radius 2 is 1.80 bits per heavy atom. The first-order valence-electron chi connectivity index (χ1n) is 7.63. The zero-order valence-corrected chi connectivity index (χ0v) is 12.6. The fourth-order valence-electron chi connectivity index (χ4n) is 2.62. The molecule has 0 aliphatic rings. The minimum Gasteiger partial charge on any atom is -0.310 e. The molecule has 0 aliphatic carbocycles. The van der Waals surface area contributed by atoms with Crippen molar-refractivity contribution in [3.8, 4) is 0 Å². The number of nitrogens with one attached hydrogen (secondary N) is 1. The van der Waals surface area contributed by atoms with E-state index in [4.69, 9.17) is 0 Å². The van der Waals surface area contributed by atoms with E-state index in [1.54, 1.807) is 0 Å². The molecule has 0 spiro atoms. The van der Waals surface area contributed by atoms with E-state index in [0.29, 0.717) is 6.04 Å². The highest BCUT2D eigenvalue weighted by molar-refractivity contribution is 5.23. The average Bonchev–Trinajstić information content (AvgIpc) is 2.47. The van der Waals surface area contributed by atoms with Crippen LogP contribution in [-0.2, 0) is 6.42 Å². The Labute approximate surface area is 123 Å². The topological polar surface area (TPSA) is 12.0 Å². The first-order valence-corrected chi connectivity index (χ1v) is 7.63. The lowest BCUT2D eigenvalue weighted by Crippen LogP contribution is -2.23. The molecule has 0 radical (unpaired) electrons. The minimum absolute atomic E-state index is 0.478. The summed E-state index contributed by atoms with van der Waals surface area (Å²) in [4.78, 5) is 0. The molecule has 1 heteroatoms. The van der Waals surface area contributed by atoms with Crippen molar-refractivity contribution in [1.29, 1.82) is 0 Å². The molecular formula is C19H25N. The Kier molecular flexibility index (Phi) is 5.82. The third-order valence-corrected chi connectivity index (χ3v) is 3.67. The molecule has 0 bridgehead atoms. The minimum atomic E-state index is 0.478. The summed E-state index contributed by atoms with van der Waals surface area (Å²) in [6.07, 6.45) is 3.49. The Morgan fingerprint density at radius 1 is 1.00 bits per heavy atom. The lowest BCUT2D eigenvalue weighted by atomic mass is 10.0. The largest absolute Gasteiger partial charge is 0.310 e. The van der Waals surface area contributed by atoms with Gasteiger partial charge in [-0.1, -0.05) is 73.5 Å². The van der Waals surface area contributed by atoms with Crippen LogP contribution in [0.5, 0.6) is 0 Å². The second-order valence-electron chi connectivity index (χ2n) is 5.45. The van der Waals surface area contributed by atoms with Crippen molar-refractivity contribution >= 4 is 0 Å². The maximum Gasteiger partial charge on any atom is 0.0320 e. The van der Waals surface area contributed by atoms with Gasteiger partial charge in [0.2, 0.25) is 0 Å². The normalized spacial score (nSPS) is 12.3. The van der Waals surface area contributed by atoms with E-state index in [2.05, 4.69) is 73.8 Å². The van der Waals surface area contributed by atoms with Crippen molar-refractivity contribution in [2.75, 3.05) is 6.54 Å². The van der Waals surface area contributed by atoms with Crippen LogP contribution in [0.2, 0.25) is 0 Å². The Balaban J connectivity index is 1.90. The summed E-state index contributed by atoms with van der Waals surface area (Å²) in [6, 6.07) is 20.0. The predicted octanol–water partition coefficient (Wildman–Crippen LogP) is 4.67. The van der Waals surface area contributed by atoms with Gasteiger partial charge in [0.05, 0.1) is 0 Å². The van der Waals surface area contributed by atoms with E-state index in [1.807, 2.05) is 0 Å². The van der Waals surface area contributed by atoms with E-state index < -0.39 is 0 Å². The van der Waals surface area contributed by atoms with Crippen molar-refractivity contribution in [2.24, 2.45) is 0 Å². The fourth-order valence-corrected chi connectivity index (χ4v) is 2.62. The zero-order chi connectivity index (χ0) is 14.2. The molecule has 1 nitrogen and oxygen atoms in total. The number of hydrogen-bond donors (Lipinski definition) is 1. The maximum atomic E-state index is 3.70. The number of aryl methyl sites for hydroxylation is 1. The molecule has 1 atom stereocenters. The van der Waals surface area contributed by atoms with Crippen LogP contribution in [0.15, 0.2) is 54.6 Å². The lowest BCUT2D eigenvalue weighted by Gasteiger charge is -2.18. The van der Waals surface area contributed by atoms with Crippen molar-refractivity contribution in [3.63, 3.8) is 0 Å². The molecule has 0 aromatic heterocycles. The molecule has 0 fully saturated rings. The number of benzene rings is 2. The van der Waals surface area contributed by atoms with Gasteiger partial charge in [-0.3, -0.25) is 0 Å². The third-order valence-electron chi connectivity index (χ3n) is 3.67. The van der Waals surface area contributed by atoms with E-state index in [-0.39, 0.29) is 0 Å². The highest BCUT2D eigenvalue weighted by Gasteiger charge is 2.08. The summed E-state index contributed by atoms with van der Waals surface area (Å²) in [6.45, 7) is 5.43. The van der Waals surface area contributed by atoms with Gasteiger partial charge in [-0.2, -0.15) is 0 Å². The fraction of sp³-hybridized carbons (Fsp3) is 0.368. The summed E-state index contributed by atoms with van der Waals surface area (Å²) in [5.41, 5.74) is 4.16. The Morgan fingerprint density at radius 3 is 2.50 bits per heavy atom. The summed E-state index contributed by atoms with van der Waals surface area (Å²) < 4.78 is 0. The highest BCUT2D eigenvalue weighted by Crippen LogP contribution is 2.18. The van der Waals surface area contributed by atoms with Crippen molar-refractivity contribution < 1.29 is 0 Å². The summed E-state index contributed by atoms with van der Waals surface area (Å²) in [7, 11) is 0. The van der Waals surface area contributed by atoms with Gasteiger partial charge in [0.15, 0.2) is 0 Å². The van der Waals surface area contributed by atoms with Gasteiger partial charge in [0, 0.05) is 6.04 Å². The molecular weight excluding hydrogens is 242 g/mol. The van der Waals surface area contributed by atoms with Gasteiger partial charge in [-0.05, 0) is 37.4 Å². The standard InChI is InChI=1S/C19H25N/c1-3-8-19(18-11-5-4-6-12-18)20-14-13-17-10-7-9-16(2)15-17/h4-7,9-12,15,19-20H,3,8,13-14H2,1-2H3. The molecule has 0 heterocycles. The van der Waals surface area contributed by atoms with Gasteiger partial charge in [0.25, 0.3) is 0 Å². The summed E-state index contributed by atoms with van der Waals surface area (Å²) >= 11 is 0. The van der Waals surface area contributed by atoms with Crippen LogP contribution in [0.3, 0.4) is 0 Å². The van der Waals surface area contributed by atoms with E-state index in [0.717, 1.165) is 13.0 Å². The SMILES string of the molecule is CCCC(NCCc1cccc(C)c1)c1ccccc1. The van der Waals surface area contributed by atoms with Crippen LogP contribution < -0.4 is 5.32 Å². The number of hydrogen-bond acceptors (Lipinski definition) is 1. The molecule has 2 aromatic carbocycles. The quantitative estimate of drug-likeness (QED) is 0.768. The van der Waals surface area contributed by atoms with E-state index in [9.17, 15) is 0 Å². The van der Waals surface area contributed by atoms with E-state index in [1.165, 1.54) is 29.5 Å². The molecule has 0 amide bonds. The molecule has 2 rings (SSSR count). The molecule has 20 heavy (non-hydrogen) atoms. The Hall–Kier alpha value is -1.60. The third kappa shape index (κ3) is 4.50. The first kappa shape index (κ1) is 14.8. The van der Waals surface area contributed by atoms with Gasteiger partial charge in [-0.25, -0.2) is 0 Å². The van der Waals surface area contributed by atoms with Gasteiger partial charge < -0.3 is 5.32 Å². The van der Waals surface area contributed by atoms with Crippen LogP contribution >= 0.6 is 0 Å². The summed E-state index contributed by atoms with van der Waals surface area (Å²) in [5.74, 6) is 0. The number of rotatable bonds is 7. The van der Waals surface area contributed by atoms with Crippen molar-refractivity contribution in [2.45, 2.75) is 39.2 Å². The molecule has 0 saturated carbocycles. The van der Waals surface area contributed by atoms with Gasteiger partial charge in [0.1, 0.15) is 0 Å². The van der Waals surface area contributed by atoms with Crippen molar-refractivity contribution in [3.05, 3.63) is 71.3 Å². The molecule has 106 valence electrons. The van der Waals surface area contributed by atoms with Crippen LogP contribution in [-0.4, -0.2) is 6.54 Å². The average molecular weight is 267 g/mol. The second-order valence-corrected chi connectivity index (χ2v) is 5.45. The summed E-state index contributed by atoms with van der Waals surface area (Å²) in [5, 5.41) is 3.70. The lowest BCUT2D eigenvalue weighted by molar-refractivity contribution is 0.497. The van der Waals surface area contributed by atoms with Crippen LogP contribution in [0.25, 0.3) is 0 Å². The predicted molar refractivity (Wildman–Crippen MR) is 87.0 cm³/mol. The molecule has 0 saturated heterocycles.